The fraction of sp³-hybridized carbons (Fsp3) is 0.625. The molecule has 16 heavy (non-hydrogen) atoms. The van der Waals surface area contributed by atoms with Crippen molar-refractivity contribution in [3.8, 4) is 0 Å². The molecule has 0 amide bonds. The molecule has 0 fully saturated rings. The number of hydrogen-bond donors (Lipinski definition) is 2. The van der Waals surface area contributed by atoms with Crippen LogP contribution in [0.15, 0.2) is 11.1 Å². The van der Waals surface area contributed by atoms with Gasteiger partial charge in [-0.15, -0.1) is 0 Å². The van der Waals surface area contributed by atoms with Crippen molar-refractivity contribution in [3.05, 3.63) is 11.9 Å². The second-order valence-corrected chi connectivity index (χ2v) is 4.85. The molecule has 0 spiro atoms. The predicted octanol–water partition coefficient (Wildman–Crippen LogP) is -0.385. The number of nitrogens with zero attached hydrogens (tertiary/aromatic N) is 1. The zero-order valence-corrected chi connectivity index (χ0v) is 10.2. The summed E-state index contributed by atoms with van der Waals surface area (Å²) in [6.45, 7) is 1.67. The van der Waals surface area contributed by atoms with Crippen LogP contribution in [0.2, 0.25) is 0 Å². The molecule has 0 radical (unpaired) electrons. The highest BCUT2D eigenvalue weighted by Gasteiger charge is 2.19. The van der Waals surface area contributed by atoms with Gasteiger partial charge in [-0.2, -0.15) is 5.10 Å². The molecule has 7 nitrogen and oxygen atoms in total. The van der Waals surface area contributed by atoms with E-state index in [0.717, 1.165) is 0 Å². The molecule has 0 aromatic carbocycles. The fourth-order valence-electron chi connectivity index (χ4n) is 1.13. The summed E-state index contributed by atoms with van der Waals surface area (Å²) in [4.78, 5) is 0.124. The van der Waals surface area contributed by atoms with Crippen molar-refractivity contribution >= 4 is 10.0 Å². The Bertz CT molecular complexity index is 424. The monoisotopic (exact) mass is 249 g/mol. The van der Waals surface area contributed by atoms with Gasteiger partial charge in [-0.05, 0) is 6.92 Å². The summed E-state index contributed by atoms with van der Waals surface area (Å²) in [7, 11) is -0.694. The average Bonchev–Trinajstić information content (AvgIpc) is 2.66. The number of sulfonamides is 1. The molecule has 1 aromatic heterocycles. The molecule has 0 aliphatic heterocycles. The van der Waals surface area contributed by atoms with Crippen LogP contribution < -0.4 is 4.72 Å². The van der Waals surface area contributed by atoms with Gasteiger partial charge in [-0.25, -0.2) is 13.1 Å². The lowest BCUT2D eigenvalue weighted by Gasteiger charge is -2.13. The summed E-state index contributed by atoms with van der Waals surface area (Å²) in [5.41, 5.74) is 0.485. The summed E-state index contributed by atoms with van der Waals surface area (Å²) in [6, 6.07) is 0. The summed E-state index contributed by atoms with van der Waals surface area (Å²) < 4.78 is 35.6. The van der Waals surface area contributed by atoms with E-state index < -0.39 is 16.3 Å². The van der Waals surface area contributed by atoms with E-state index in [-0.39, 0.29) is 11.4 Å². The Kier molecular flexibility index (Phi) is 4.42. The van der Waals surface area contributed by atoms with Gasteiger partial charge in [-0.3, -0.25) is 5.10 Å². The van der Waals surface area contributed by atoms with Gasteiger partial charge in [-0.1, -0.05) is 0 Å². The molecule has 0 saturated carbocycles. The maximum absolute atomic E-state index is 11.8. The molecule has 1 rings (SSSR count). The summed E-state index contributed by atoms with van der Waals surface area (Å²) >= 11 is 0. The molecule has 2 N–H and O–H groups in total. The number of H-pyrrole nitrogens is 1. The third kappa shape index (κ3) is 3.01. The number of ether oxygens (including phenoxy) is 2. The molecule has 0 unspecified atom stereocenters. The van der Waals surface area contributed by atoms with E-state index in [1.807, 2.05) is 0 Å². The Morgan fingerprint density at radius 3 is 2.56 bits per heavy atom. The van der Waals surface area contributed by atoms with Crippen LogP contribution in [0.1, 0.15) is 5.69 Å². The van der Waals surface area contributed by atoms with E-state index >= 15 is 0 Å². The first-order chi connectivity index (χ1) is 7.51. The van der Waals surface area contributed by atoms with Crippen LogP contribution in [0, 0.1) is 6.92 Å². The number of aromatic nitrogens is 2. The van der Waals surface area contributed by atoms with Crippen LogP contribution >= 0.6 is 0 Å². The summed E-state index contributed by atoms with van der Waals surface area (Å²) in [5.74, 6) is 0. The largest absolute Gasteiger partial charge is 0.355 e. The van der Waals surface area contributed by atoms with E-state index in [2.05, 4.69) is 14.9 Å². The number of methoxy groups -OCH3 is 2. The Balaban J connectivity index is 2.70. The molecule has 0 bridgehead atoms. The van der Waals surface area contributed by atoms with Crippen LogP contribution in [0.5, 0.6) is 0 Å². The average molecular weight is 249 g/mol. The minimum atomic E-state index is -3.57. The van der Waals surface area contributed by atoms with Gasteiger partial charge in [0.15, 0.2) is 6.29 Å². The first kappa shape index (κ1) is 13.1. The fourth-order valence-corrected chi connectivity index (χ4v) is 2.28. The molecule has 92 valence electrons. The van der Waals surface area contributed by atoms with Crippen LogP contribution in [0.25, 0.3) is 0 Å². The maximum atomic E-state index is 11.8. The molecule has 0 aliphatic carbocycles. The van der Waals surface area contributed by atoms with Gasteiger partial charge in [0.05, 0.1) is 18.4 Å². The lowest BCUT2D eigenvalue weighted by molar-refractivity contribution is -0.0960. The first-order valence-corrected chi connectivity index (χ1v) is 6.04. The second kappa shape index (κ2) is 5.39. The molecule has 1 heterocycles. The first-order valence-electron chi connectivity index (χ1n) is 4.56. The number of nitrogens with one attached hydrogen (secondary N) is 2. The van der Waals surface area contributed by atoms with Gasteiger partial charge in [0.2, 0.25) is 10.0 Å². The Labute approximate surface area is 94.2 Å². The predicted molar refractivity (Wildman–Crippen MR) is 56.3 cm³/mol. The summed E-state index contributed by atoms with van der Waals surface area (Å²) in [6.07, 6.45) is 0.647. The van der Waals surface area contributed by atoms with Crippen molar-refractivity contribution < 1.29 is 17.9 Å². The lowest BCUT2D eigenvalue weighted by atomic mass is 10.5. The minimum Gasteiger partial charge on any atom is -0.355 e. The Morgan fingerprint density at radius 2 is 2.12 bits per heavy atom. The molecular weight excluding hydrogens is 234 g/mol. The topological polar surface area (TPSA) is 93.3 Å². The lowest BCUT2D eigenvalue weighted by Crippen LogP contribution is -2.34. The number of aryl methyl sites for hydroxylation is 1. The van der Waals surface area contributed by atoms with Crippen LogP contribution in [-0.4, -0.2) is 45.7 Å². The van der Waals surface area contributed by atoms with Crippen molar-refractivity contribution in [2.75, 3.05) is 20.8 Å². The van der Waals surface area contributed by atoms with Crippen molar-refractivity contribution in [1.82, 2.24) is 14.9 Å². The van der Waals surface area contributed by atoms with Gasteiger partial charge < -0.3 is 9.47 Å². The van der Waals surface area contributed by atoms with E-state index in [9.17, 15) is 8.42 Å². The number of hydrogen-bond acceptors (Lipinski definition) is 5. The Morgan fingerprint density at radius 1 is 1.50 bits per heavy atom. The van der Waals surface area contributed by atoms with E-state index in [4.69, 9.17) is 9.47 Å². The third-order valence-electron chi connectivity index (χ3n) is 2.04. The SMILES string of the molecule is COC(CNS(=O)(=O)c1cn[nH]c1C)OC. The van der Waals surface area contributed by atoms with E-state index in [0.29, 0.717) is 5.69 Å². The molecular formula is C8H15N3O4S. The third-order valence-corrected chi connectivity index (χ3v) is 3.58. The summed E-state index contributed by atoms with van der Waals surface area (Å²) in [5, 5.41) is 6.21. The van der Waals surface area contributed by atoms with E-state index in [1.165, 1.54) is 20.4 Å². The number of aromatic amines is 1. The van der Waals surface area contributed by atoms with Gasteiger partial charge in [0.1, 0.15) is 4.90 Å². The van der Waals surface area contributed by atoms with Gasteiger partial charge in [0.25, 0.3) is 0 Å². The quantitative estimate of drug-likeness (QED) is 0.670. The van der Waals surface area contributed by atoms with Gasteiger partial charge in [0, 0.05) is 14.2 Å². The van der Waals surface area contributed by atoms with Crippen LogP contribution in [0.4, 0.5) is 0 Å². The second-order valence-electron chi connectivity index (χ2n) is 3.11. The number of rotatable bonds is 6. The zero-order valence-electron chi connectivity index (χ0n) is 9.35. The van der Waals surface area contributed by atoms with Crippen molar-refractivity contribution in [2.45, 2.75) is 18.1 Å². The smallest absolute Gasteiger partial charge is 0.244 e. The highest BCUT2D eigenvalue weighted by Crippen LogP contribution is 2.10. The molecule has 8 heteroatoms. The van der Waals surface area contributed by atoms with Crippen molar-refractivity contribution in [2.24, 2.45) is 0 Å². The minimum absolute atomic E-state index is 0.0416. The van der Waals surface area contributed by atoms with Crippen LogP contribution in [-0.2, 0) is 19.5 Å². The maximum Gasteiger partial charge on any atom is 0.244 e. The Hall–Kier alpha value is -0.960. The zero-order chi connectivity index (χ0) is 12.2. The molecule has 0 saturated heterocycles. The normalized spacial score (nSPS) is 12.2. The standard InChI is InChI=1S/C8H15N3O4S/c1-6-7(4-9-11-6)16(12,13)10-5-8(14-2)15-3/h4,8,10H,5H2,1-3H3,(H,9,11). The highest BCUT2D eigenvalue weighted by molar-refractivity contribution is 7.89. The van der Waals surface area contributed by atoms with Gasteiger partial charge >= 0.3 is 0 Å². The molecule has 0 aliphatic rings. The highest BCUT2D eigenvalue weighted by atomic mass is 32.2. The molecule has 0 atom stereocenters. The van der Waals surface area contributed by atoms with Crippen LogP contribution in [0.3, 0.4) is 0 Å². The molecule has 1 aromatic rings. The van der Waals surface area contributed by atoms with Crippen molar-refractivity contribution in [3.63, 3.8) is 0 Å². The van der Waals surface area contributed by atoms with Crippen molar-refractivity contribution in [1.29, 1.82) is 0 Å². The van der Waals surface area contributed by atoms with E-state index in [1.54, 1.807) is 6.92 Å².